The first-order valence-electron chi connectivity index (χ1n) is 7.04. The average molecular weight is 279 g/mol. The van der Waals surface area contributed by atoms with Gasteiger partial charge in [0.25, 0.3) is 5.56 Å². The predicted molar refractivity (Wildman–Crippen MR) is 85.5 cm³/mol. The van der Waals surface area contributed by atoms with Crippen LogP contribution in [0.5, 0.6) is 0 Å². The summed E-state index contributed by atoms with van der Waals surface area (Å²) < 4.78 is 1.41. The molecule has 0 spiro atoms. The number of rotatable bonds is 3. The van der Waals surface area contributed by atoms with Crippen LogP contribution < -0.4 is 10.4 Å². The zero-order chi connectivity index (χ0) is 14.8. The highest BCUT2D eigenvalue weighted by Gasteiger charge is 2.16. The molecule has 0 unspecified atom stereocenters. The molecule has 106 valence electrons. The number of benzene rings is 2. The topological polar surface area (TPSA) is 31.2 Å². The van der Waals surface area contributed by atoms with Crippen molar-refractivity contribution in [1.29, 1.82) is 0 Å². The average Bonchev–Trinajstić information content (AvgIpc) is 2.55. The highest BCUT2D eigenvalue weighted by atomic mass is 16.6. The van der Waals surface area contributed by atoms with E-state index in [-0.39, 0.29) is 5.56 Å². The summed E-state index contributed by atoms with van der Waals surface area (Å²) in [6.07, 6.45) is 0.720. The molecule has 0 N–H and O–H groups in total. The van der Waals surface area contributed by atoms with E-state index in [0.29, 0.717) is 5.39 Å². The molecule has 21 heavy (non-hydrogen) atoms. The second-order valence-electron chi connectivity index (χ2n) is 4.87. The lowest BCUT2D eigenvalue weighted by Crippen LogP contribution is -2.28. The number of hydrogen-bond donors (Lipinski definition) is 0. The number of nitrogens with zero attached hydrogens (tertiary/aromatic N) is 1. The largest absolute Gasteiger partial charge is 0.414 e. The van der Waals surface area contributed by atoms with Gasteiger partial charge >= 0.3 is 0 Å². The molecule has 0 fully saturated rings. The Morgan fingerprint density at radius 2 is 1.57 bits per heavy atom. The van der Waals surface area contributed by atoms with Crippen LogP contribution in [0.15, 0.2) is 59.4 Å². The van der Waals surface area contributed by atoms with Crippen molar-refractivity contribution >= 4 is 10.8 Å². The predicted octanol–water partition coefficient (Wildman–Crippen LogP) is 3.29. The van der Waals surface area contributed by atoms with Gasteiger partial charge in [-0.1, -0.05) is 55.5 Å². The zero-order valence-corrected chi connectivity index (χ0v) is 12.2. The fourth-order valence-electron chi connectivity index (χ4n) is 2.82. The van der Waals surface area contributed by atoms with Gasteiger partial charge in [-0.05, 0) is 23.4 Å². The van der Waals surface area contributed by atoms with Crippen molar-refractivity contribution in [2.45, 2.75) is 13.3 Å². The highest BCUT2D eigenvalue weighted by Crippen LogP contribution is 2.30. The lowest BCUT2D eigenvalue weighted by Gasteiger charge is -2.17. The maximum Gasteiger partial charge on any atom is 0.291 e. The van der Waals surface area contributed by atoms with Crippen molar-refractivity contribution in [2.75, 3.05) is 7.11 Å². The molecule has 0 bridgehead atoms. The smallest absolute Gasteiger partial charge is 0.291 e. The lowest BCUT2D eigenvalue weighted by molar-refractivity contribution is 0.151. The van der Waals surface area contributed by atoms with Crippen LogP contribution in [-0.4, -0.2) is 11.8 Å². The molecule has 1 heterocycles. The Morgan fingerprint density at radius 1 is 0.952 bits per heavy atom. The maximum absolute atomic E-state index is 12.6. The third-order valence-electron chi connectivity index (χ3n) is 3.72. The number of fused-ring (bicyclic) bond motifs is 1. The van der Waals surface area contributed by atoms with Crippen LogP contribution in [-0.2, 0) is 6.42 Å². The Labute approximate surface area is 123 Å². The third-order valence-corrected chi connectivity index (χ3v) is 3.72. The SMILES string of the molecule is CCc1c(-c2ccccc2)c2ccccc2c(=O)n1OC. The molecule has 1 aromatic heterocycles. The lowest BCUT2D eigenvalue weighted by atomic mass is 9.96. The van der Waals surface area contributed by atoms with Crippen LogP contribution >= 0.6 is 0 Å². The molecule has 0 saturated heterocycles. The van der Waals surface area contributed by atoms with Gasteiger partial charge in [-0.25, -0.2) is 0 Å². The molecule has 0 amide bonds. The van der Waals surface area contributed by atoms with Gasteiger partial charge in [-0.2, -0.15) is 0 Å². The van der Waals surface area contributed by atoms with Gasteiger partial charge in [0, 0.05) is 5.56 Å². The molecule has 3 rings (SSSR count). The summed E-state index contributed by atoms with van der Waals surface area (Å²) in [6.45, 7) is 2.03. The fourth-order valence-corrected chi connectivity index (χ4v) is 2.82. The fraction of sp³-hybridized carbons (Fsp3) is 0.167. The van der Waals surface area contributed by atoms with Crippen LogP contribution in [0, 0.1) is 0 Å². The van der Waals surface area contributed by atoms with E-state index in [4.69, 9.17) is 4.84 Å². The Kier molecular flexibility index (Phi) is 3.48. The van der Waals surface area contributed by atoms with Crippen molar-refractivity contribution in [3.8, 4) is 11.1 Å². The van der Waals surface area contributed by atoms with E-state index in [1.54, 1.807) is 0 Å². The number of aromatic nitrogens is 1. The molecule has 0 aliphatic heterocycles. The first-order valence-corrected chi connectivity index (χ1v) is 7.04. The number of hydrogen-bond acceptors (Lipinski definition) is 2. The summed E-state index contributed by atoms with van der Waals surface area (Å²) >= 11 is 0. The summed E-state index contributed by atoms with van der Waals surface area (Å²) in [5, 5.41) is 1.65. The van der Waals surface area contributed by atoms with Crippen molar-refractivity contribution in [1.82, 2.24) is 4.73 Å². The van der Waals surface area contributed by atoms with Crippen LogP contribution in [0.1, 0.15) is 12.6 Å². The van der Waals surface area contributed by atoms with Gasteiger partial charge in [-0.15, -0.1) is 4.73 Å². The van der Waals surface area contributed by atoms with Crippen molar-refractivity contribution in [2.24, 2.45) is 0 Å². The van der Waals surface area contributed by atoms with Crippen LogP contribution in [0.4, 0.5) is 0 Å². The Hall–Kier alpha value is -2.55. The quantitative estimate of drug-likeness (QED) is 0.736. The number of pyridine rings is 1. The molecule has 0 aliphatic rings. The molecule has 2 aromatic carbocycles. The molecule has 3 heteroatoms. The normalized spacial score (nSPS) is 10.8. The van der Waals surface area contributed by atoms with Gasteiger partial charge < -0.3 is 4.84 Å². The zero-order valence-electron chi connectivity index (χ0n) is 12.2. The molecular formula is C18H17NO2. The van der Waals surface area contributed by atoms with E-state index < -0.39 is 0 Å². The molecule has 3 aromatic rings. The summed E-state index contributed by atoms with van der Waals surface area (Å²) in [5.74, 6) is 0. The van der Waals surface area contributed by atoms with E-state index >= 15 is 0 Å². The van der Waals surface area contributed by atoms with Gasteiger partial charge in [0.05, 0.1) is 11.1 Å². The standard InChI is InChI=1S/C18H17NO2/c1-3-16-17(13-9-5-4-6-10-13)14-11-7-8-12-15(14)18(20)19(16)21-2/h4-12H,3H2,1-2H3. The van der Waals surface area contributed by atoms with E-state index in [0.717, 1.165) is 28.6 Å². The minimum Gasteiger partial charge on any atom is -0.414 e. The summed E-state index contributed by atoms with van der Waals surface area (Å²) in [4.78, 5) is 17.9. The maximum atomic E-state index is 12.6. The van der Waals surface area contributed by atoms with Crippen molar-refractivity contribution in [3.63, 3.8) is 0 Å². The second-order valence-corrected chi connectivity index (χ2v) is 4.87. The minimum atomic E-state index is -0.107. The molecule has 0 atom stereocenters. The third kappa shape index (κ3) is 2.11. The molecule has 0 aliphatic carbocycles. The molecule has 3 nitrogen and oxygen atoms in total. The second kappa shape index (κ2) is 5.44. The van der Waals surface area contributed by atoms with Gasteiger partial charge in [0.1, 0.15) is 7.11 Å². The van der Waals surface area contributed by atoms with Gasteiger partial charge in [-0.3, -0.25) is 4.79 Å². The summed E-state index contributed by atoms with van der Waals surface area (Å²) in [6, 6.07) is 17.8. The first-order chi connectivity index (χ1) is 10.3. The highest BCUT2D eigenvalue weighted by molar-refractivity contribution is 5.97. The summed E-state index contributed by atoms with van der Waals surface area (Å²) in [7, 11) is 1.53. The monoisotopic (exact) mass is 279 g/mol. The molecule has 0 radical (unpaired) electrons. The van der Waals surface area contributed by atoms with Gasteiger partial charge in [0.2, 0.25) is 0 Å². The Bertz CT molecular complexity index is 835. The van der Waals surface area contributed by atoms with Crippen molar-refractivity contribution < 1.29 is 4.84 Å². The Morgan fingerprint density at radius 3 is 2.19 bits per heavy atom. The molecular weight excluding hydrogens is 262 g/mol. The minimum absolute atomic E-state index is 0.107. The van der Waals surface area contributed by atoms with E-state index in [2.05, 4.69) is 12.1 Å². The van der Waals surface area contributed by atoms with Crippen molar-refractivity contribution in [3.05, 3.63) is 70.6 Å². The van der Waals surface area contributed by atoms with E-state index in [1.807, 2.05) is 49.4 Å². The molecule has 0 saturated carbocycles. The Balaban J connectivity index is 2.52. The van der Waals surface area contributed by atoms with Gasteiger partial charge in [0.15, 0.2) is 0 Å². The van der Waals surface area contributed by atoms with Crippen LogP contribution in [0.2, 0.25) is 0 Å². The summed E-state index contributed by atoms with van der Waals surface area (Å²) in [5.41, 5.74) is 2.95. The van der Waals surface area contributed by atoms with E-state index in [1.165, 1.54) is 11.8 Å². The van der Waals surface area contributed by atoms with E-state index in [9.17, 15) is 4.79 Å². The first kappa shape index (κ1) is 13.4. The van der Waals surface area contributed by atoms with Crippen LogP contribution in [0.3, 0.4) is 0 Å². The van der Waals surface area contributed by atoms with Crippen LogP contribution in [0.25, 0.3) is 21.9 Å².